The Labute approximate surface area is 152 Å². The fourth-order valence-corrected chi connectivity index (χ4v) is 2.64. The maximum atomic E-state index is 12.2. The van der Waals surface area contributed by atoms with E-state index in [4.69, 9.17) is 4.74 Å². The van der Waals surface area contributed by atoms with E-state index < -0.39 is 24.5 Å². The lowest BCUT2D eigenvalue weighted by atomic mass is 10.2. The van der Waals surface area contributed by atoms with Crippen LogP contribution < -0.4 is 10.1 Å². The van der Waals surface area contributed by atoms with Crippen LogP contribution in [0.3, 0.4) is 0 Å². The largest absolute Gasteiger partial charge is 0.488 e. The Kier molecular flexibility index (Phi) is 5.96. The smallest absolute Gasteiger partial charge is 0.329 e. The summed E-state index contributed by atoms with van der Waals surface area (Å²) in [4.78, 5) is 36.0. The van der Waals surface area contributed by atoms with Crippen molar-refractivity contribution in [3.63, 3.8) is 0 Å². The van der Waals surface area contributed by atoms with Crippen molar-refractivity contribution < 1.29 is 23.9 Å². The molecule has 0 atom stereocenters. The predicted molar refractivity (Wildman–Crippen MR) is 95.1 cm³/mol. The molecule has 0 spiro atoms. The van der Waals surface area contributed by atoms with Crippen molar-refractivity contribution in [3.05, 3.63) is 45.7 Å². The third kappa shape index (κ3) is 4.13. The first-order valence-electron chi connectivity index (χ1n) is 6.91. The van der Waals surface area contributed by atoms with E-state index in [0.717, 1.165) is 8.47 Å². The number of benzene rings is 1. The van der Waals surface area contributed by atoms with Gasteiger partial charge >= 0.3 is 12.0 Å². The number of urea groups is 1. The highest BCUT2D eigenvalue weighted by molar-refractivity contribution is 14.1. The molecule has 1 aliphatic rings. The van der Waals surface area contributed by atoms with Crippen LogP contribution in [0.1, 0.15) is 5.56 Å². The number of carbonyl (C=O) groups is 3. The first-order valence-corrected chi connectivity index (χ1v) is 7.98. The van der Waals surface area contributed by atoms with E-state index in [1.807, 2.05) is 6.07 Å². The van der Waals surface area contributed by atoms with Crippen LogP contribution in [0, 0.1) is 3.57 Å². The summed E-state index contributed by atoms with van der Waals surface area (Å²) >= 11 is 2.11. The number of halogens is 1. The second-order valence-electron chi connectivity index (χ2n) is 4.75. The van der Waals surface area contributed by atoms with E-state index in [1.54, 1.807) is 18.2 Å². The molecule has 1 aromatic carbocycles. The van der Waals surface area contributed by atoms with Gasteiger partial charge in [0.1, 0.15) is 24.6 Å². The summed E-state index contributed by atoms with van der Waals surface area (Å²) in [7, 11) is 1.19. The monoisotopic (exact) mass is 442 g/mol. The van der Waals surface area contributed by atoms with E-state index in [0.29, 0.717) is 17.9 Å². The molecule has 0 aliphatic carbocycles. The maximum absolute atomic E-state index is 12.2. The van der Waals surface area contributed by atoms with Crippen molar-refractivity contribution in [3.8, 4) is 5.75 Å². The zero-order chi connectivity index (χ0) is 17.7. The van der Waals surface area contributed by atoms with E-state index in [9.17, 15) is 14.4 Å². The number of nitrogens with one attached hydrogen (secondary N) is 1. The van der Waals surface area contributed by atoms with Gasteiger partial charge in [0, 0.05) is 0 Å². The average Bonchev–Trinajstić information content (AvgIpc) is 2.81. The summed E-state index contributed by atoms with van der Waals surface area (Å²) in [5.74, 6) is -0.544. The molecular weight excluding hydrogens is 427 g/mol. The molecule has 1 N–H and O–H groups in total. The van der Waals surface area contributed by atoms with Crippen LogP contribution >= 0.6 is 22.6 Å². The lowest BCUT2D eigenvalue weighted by Gasteiger charge is -2.09. The van der Waals surface area contributed by atoms with Gasteiger partial charge < -0.3 is 14.8 Å². The highest BCUT2D eigenvalue weighted by Gasteiger charge is 2.35. The van der Waals surface area contributed by atoms with Gasteiger partial charge in [0.2, 0.25) is 0 Å². The van der Waals surface area contributed by atoms with Gasteiger partial charge in [0.15, 0.2) is 0 Å². The van der Waals surface area contributed by atoms with Crippen molar-refractivity contribution in [1.82, 2.24) is 10.2 Å². The number of methoxy groups -OCH3 is 1. The van der Waals surface area contributed by atoms with Crippen LogP contribution in [0.5, 0.6) is 5.75 Å². The van der Waals surface area contributed by atoms with Gasteiger partial charge in [-0.05, 0) is 46.4 Å². The first kappa shape index (κ1) is 18.0. The Bertz CT molecular complexity index is 729. The molecule has 0 unspecified atom stereocenters. The van der Waals surface area contributed by atoms with Crippen LogP contribution in [-0.4, -0.2) is 43.1 Å². The Balaban J connectivity index is 2.18. The molecule has 0 saturated carbocycles. The number of nitrogens with zero attached hydrogens (tertiary/aromatic N) is 1. The molecule has 2 rings (SSSR count). The van der Waals surface area contributed by atoms with Gasteiger partial charge in [-0.3, -0.25) is 9.59 Å². The minimum Gasteiger partial charge on any atom is -0.488 e. The van der Waals surface area contributed by atoms with Crippen LogP contribution in [0.2, 0.25) is 0 Å². The molecule has 3 amide bonds. The third-order valence-electron chi connectivity index (χ3n) is 3.10. The molecule has 8 heteroatoms. The predicted octanol–water partition coefficient (Wildman–Crippen LogP) is 1.92. The molecule has 7 nitrogen and oxygen atoms in total. The second-order valence-corrected chi connectivity index (χ2v) is 5.91. The highest BCUT2D eigenvalue weighted by Crippen LogP contribution is 2.24. The van der Waals surface area contributed by atoms with E-state index >= 15 is 0 Å². The molecule has 1 aromatic rings. The number of hydrogen-bond acceptors (Lipinski definition) is 5. The van der Waals surface area contributed by atoms with Crippen molar-refractivity contribution >= 4 is 46.6 Å². The second kappa shape index (κ2) is 7.95. The van der Waals surface area contributed by atoms with Crippen molar-refractivity contribution in [1.29, 1.82) is 0 Å². The summed E-state index contributed by atoms with van der Waals surface area (Å²) in [6.45, 7) is 3.56. The lowest BCUT2D eigenvalue weighted by molar-refractivity contribution is -0.143. The molecule has 0 bridgehead atoms. The molecule has 0 radical (unpaired) electrons. The van der Waals surface area contributed by atoms with Gasteiger partial charge in [-0.25, -0.2) is 9.69 Å². The fourth-order valence-electron chi connectivity index (χ4n) is 1.95. The Hall–Kier alpha value is -2.36. The topological polar surface area (TPSA) is 84.9 Å². The number of imide groups is 1. The molecule has 126 valence electrons. The maximum Gasteiger partial charge on any atom is 0.329 e. The third-order valence-corrected chi connectivity index (χ3v) is 3.94. The Morgan fingerprint density at radius 1 is 1.42 bits per heavy atom. The van der Waals surface area contributed by atoms with E-state index in [1.165, 1.54) is 13.2 Å². The summed E-state index contributed by atoms with van der Waals surface area (Å²) in [6.07, 6.45) is 3.19. The van der Waals surface area contributed by atoms with E-state index in [-0.39, 0.29) is 5.70 Å². The minimum absolute atomic E-state index is 0.0967. The van der Waals surface area contributed by atoms with Crippen molar-refractivity contribution in [2.24, 2.45) is 0 Å². The SMILES string of the molecule is C=CCOc1ccc(/C=C2/NC(=O)N(CC(=O)OC)C2=O)cc1I. The van der Waals surface area contributed by atoms with Crippen molar-refractivity contribution in [2.45, 2.75) is 0 Å². The number of rotatable bonds is 6. The molecule has 24 heavy (non-hydrogen) atoms. The molecule has 1 saturated heterocycles. The summed E-state index contributed by atoms with van der Waals surface area (Å²) in [5, 5.41) is 2.44. The van der Waals surface area contributed by atoms with Crippen LogP contribution in [0.25, 0.3) is 6.08 Å². The first-order chi connectivity index (χ1) is 11.5. The van der Waals surface area contributed by atoms with Crippen LogP contribution in [0.15, 0.2) is 36.6 Å². The molecule has 1 fully saturated rings. The van der Waals surface area contributed by atoms with Crippen LogP contribution in [-0.2, 0) is 14.3 Å². The van der Waals surface area contributed by atoms with Gasteiger partial charge in [0.25, 0.3) is 5.91 Å². The average molecular weight is 442 g/mol. The van der Waals surface area contributed by atoms with Gasteiger partial charge in [-0.1, -0.05) is 18.7 Å². The quantitative estimate of drug-likeness (QED) is 0.239. The van der Waals surface area contributed by atoms with E-state index in [2.05, 4.69) is 39.2 Å². The van der Waals surface area contributed by atoms with Crippen molar-refractivity contribution in [2.75, 3.05) is 20.3 Å². The molecular formula is C16H15IN2O5. The number of amides is 3. The van der Waals surface area contributed by atoms with Gasteiger partial charge in [-0.2, -0.15) is 0 Å². The Morgan fingerprint density at radius 2 is 2.17 bits per heavy atom. The molecule has 1 heterocycles. The molecule has 0 aromatic heterocycles. The molecule has 1 aliphatic heterocycles. The number of esters is 1. The van der Waals surface area contributed by atoms with Crippen LogP contribution in [0.4, 0.5) is 4.79 Å². The number of ether oxygens (including phenoxy) is 2. The standard InChI is InChI=1S/C16H15IN2O5/c1-3-6-24-13-5-4-10(7-11(13)17)8-12-15(21)19(16(22)18-12)9-14(20)23-2/h3-5,7-8H,1,6,9H2,2H3,(H,18,22)/b12-8+. The Morgan fingerprint density at radius 3 is 2.79 bits per heavy atom. The number of hydrogen-bond donors (Lipinski definition) is 1. The highest BCUT2D eigenvalue weighted by atomic mass is 127. The van der Waals surface area contributed by atoms with Gasteiger partial charge in [0.05, 0.1) is 10.7 Å². The van der Waals surface area contributed by atoms with Gasteiger partial charge in [-0.15, -0.1) is 0 Å². The lowest BCUT2D eigenvalue weighted by Crippen LogP contribution is -2.36. The summed E-state index contributed by atoms with van der Waals surface area (Å²) in [5.41, 5.74) is 0.813. The summed E-state index contributed by atoms with van der Waals surface area (Å²) < 4.78 is 10.8. The normalized spacial score (nSPS) is 15.4. The zero-order valence-corrected chi connectivity index (χ0v) is 15.0. The summed E-state index contributed by atoms with van der Waals surface area (Å²) in [6, 6.07) is 4.69. The fraction of sp³-hybridized carbons (Fsp3) is 0.188. The number of carbonyl (C=O) groups excluding carboxylic acids is 3. The zero-order valence-electron chi connectivity index (χ0n) is 12.9. The minimum atomic E-state index is -0.669.